The van der Waals surface area contributed by atoms with Crippen LogP contribution < -0.4 is 5.32 Å². The van der Waals surface area contributed by atoms with Crippen molar-refractivity contribution in [2.45, 2.75) is 13.3 Å². The summed E-state index contributed by atoms with van der Waals surface area (Å²) >= 11 is 0. The van der Waals surface area contributed by atoms with E-state index >= 15 is 0 Å². The number of quaternary nitrogens is 1. The van der Waals surface area contributed by atoms with Crippen LogP contribution >= 0.6 is 0 Å². The Balaban J connectivity index is 0. The number of hydrogen-bond acceptors (Lipinski definition) is 2. The molecule has 1 rings (SSSR count). The van der Waals surface area contributed by atoms with Crippen molar-refractivity contribution >= 4 is 13.6 Å². The Bertz CT molecular complexity index is 154. The molecule has 84 valence electrons. The van der Waals surface area contributed by atoms with Gasteiger partial charge in [-0.25, -0.2) is 4.99 Å². The van der Waals surface area contributed by atoms with E-state index in [-0.39, 0.29) is 0 Å². The number of nitrogens with zero attached hydrogens (tertiary/aromatic N) is 1. The van der Waals surface area contributed by atoms with Crippen LogP contribution in [0.4, 0.5) is 17.3 Å². The van der Waals surface area contributed by atoms with Crippen molar-refractivity contribution in [1.29, 1.82) is 0 Å². The zero-order valence-corrected chi connectivity index (χ0v) is 7.71. The number of aliphatic hydroxyl groups excluding tert-OH is 1. The number of halogens is 4. The number of rotatable bonds is 1. The highest BCUT2D eigenvalue weighted by Crippen LogP contribution is 2.06. The highest BCUT2D eigenvalue weighted by Gasteiger charge is 2.20. The molecule has 0 saturated carbocycles. The van der Waals surface area contributed by atoms with E-state index in [0.717, 1.165) is 6.42 Å². The van der Waals surface area contributed by atoms with Gasteiger partial charge in [0, 0.05) is 6.61 Å². The van der Waals surface area contributed by atoms with Gasteiger partial charge < -0.3 is 22.4 Å². The molecule has 0 spiro atoms. The summed E-state index contributed by atoms with van der Waals surface area (Å²) in [5, 5.41) is 9.76. The molecule has 0 saturated heterocycles. The number of aliphatic imine (C=N–C) groups is 1. The van der Waals surface area contributed by atoms with Gasteiger partial charge >= 0.3 is 7.25 Å². The fraction of sp³-hybridized carbons (Fsp3) is 0.500. The summed E-state index contributed by atoms with van der Waals surface area (Å²) in [4.78, 5) is 3.72. The van der Waals surface area contributed by atoms with Gasteiger partial charge in [0.2, 0.25) is 0 Å². The van der Waals surface area contributed by atoms with Crippen molar-refractivity contribution in [3.05, 3.63) is 12.4 Å². The molecule has 3 nitrogen and oxygen atoms in total. The molecule has 14 heavy (non-hydrogen) atoms. The Hall–Kier alpha value is -0.885. The largest absolute Gasteiger partial charge is 0.673 e. The van der Waals surface area contributed by atoms with E-state index in [1.54, 1.807) is 12.5 Å². The second kappa shape index (κ2) is 10.2. The Morgan fingerprint density at radius 1 is 1.36 bits per heavy atom. The fourth-order valence-corrected chi connectivity index (χ4v) is 0.248. The van der Waals surface area contributed by atoms with Crippen molar-refractivity contribution in [1.82, 2.24) is 0 Å². The van der Waals surface area contributed by atoms with Gasteiger partial charge in [0.05, 0.1) is 6.20 Å². The third-order valence-corrected chi connectivity index (χ3v) is 0.679. The van der Waals surface area contributed by atoms with E-state index in [1.807, 2.05) is 18.4 Å². The van der Waals surface area contributed by atoms with Crippen LogP contribution in [-0.4, -0.2) is 25.3 Å². The summed E-state index contributed by atoms with van der Waals surface area (Å²) < 4.78 is 39.0. The van der Waals surface area contributed by atoms with Crippen LogP contribution in [0.15, 0.2) is 17.4 Å². The molecule has 0 fully saturated rings. The van der Waals surface area contributed by atoms with Crippen molar-refractivity contribution < 1.29 is 27.7 Å². The second-order valence-electron chi connectivity index (χ2n) is 2.05. The molecule has 8 heteroatoms. The van der Waals surface area contributed by atoms with Gasteiger partial charge in [-0.1, -0.05) is 6.92 Å². The summed E-state index contributed by atoms with van der Waals surface area (Å²) in [5.41, 5.74) is 0. The van der Waals surface area contributed by atoms with E-state index in [4.69, 9.17) is 5.11 Å². The molecule has 0 amide bonds. The second-order valence-corrected chi connectivity index (χ2v) is 2.05. The minimum absolute atomic E-state index is 0.319. The maximum absolute atomic E-state index is 9.75. The Labute approximate surface area is 79.6 Å². The molecule has 0 aliphatic carbocycles. The molecule has 0 aromatic rings. The first-order chi connectivity index (χ1) is 6.41. The van der Waals surface area contributed by atoms with Crippen LogP contribution in [0.25, 0.3) is 0 Å². The average Bonchev–Trinajstić information content (AvgIpc) is 2.57. The molecule has 3 N–H and O–H groups in total. The smallest absolute Gasteiger partial charge is 0.418 e. The number of aliphatic hydroxyl groups is 1. The van der Waals surface area contributed by atoms with Crippen molar-refractivity contribution in [2.75, 3.05) is 6.61 Å². The van der Waals surface area contributed by atoms with Crippen LogP contribution in [0.3, 0.4) is 0 Å². The summed E-state index contributed by atoms with van der Waals surface area (Å²) in [6.07, 6.45) is 6.26. The molecule has 1 aliphatic heterocycles. The quantitative estimate of drug-likeness (QED) is 0.493. The monoisotopic (exact) mass is 216 g/mol. The fourth-order valence-electron chi connectivity index (χ4n) is 0.248. The maximum atomic E-state index is 9.75. The van der Waals surface area contributed by atoms with E-state index < -0.39 is 7.25 Å². The first-order valence-electron chi connectivity index (χ1n) is 3.91. The lowest BCUT2D eigenvalue weighted by Gasteiger charge is -1.94. The number of hydrogen-bond donors (Lipinski definition) is 2. The van der Waals surface area contributed by atoms with Crippen LogP contribution in [0.5, 0.6) is 0 Å². The van der Waals surface area contributed by atoms with E-state index in [9.17, 15) is 17.3 Å². The van der Waals surface area contributed by atoms with E-state index in [2.05, 4.69) is 4.99 Å². The van der Waals surface area contributed by atoms with E-state index in [1.165, 1.54) is 0 Å². The summed E-state index contributed by atoms with van der Waals surface area (Å²) in [5.74, 6) is 0. The third-order valence-electron chi connectivity index (χ3n) is 0.679. The summed E-state index contributed by atoms with van der Waals surface area (Å²) in [6, 6.07) is 0. The van der Waals surface area contributed by atoms with Gasteiger partial charge in [0.25, 0.3) is 0 Å². The molecule has 0 atom stereocenters. The van der Waals surface area contributed by atoms with Crippen molar-refractivity contribution in [2.24, 2.45) is 4.99 Å². The predicted molar refractivity (Wildman–Crippen MR) is 47.1 cm³/mol. The van der Waals surface area contributed by atoms with Crippen LogP contribution in [0.2, 0.25) is 0 Å². The molecule has 0 bridgehead atoms. The van der Waals surface area contributed by atoms with Gasteiger partial charge in [-0.15, -0.1) is 0 Å². The molecular weight excluding hydrogens is 203 g/mol. The Morgan fingerprint density at radius 2 is 1.79 bits per heavy atom. The lowest BCUT2D eigenvalue weighted by atomic mass is 10.3. The Morgan fingerprint density at radius 3 is 1.86 bits per heavy atom. The van der Waals surface area contributed by atoms with Crippen LogP contribution in [-0.2, 0) is 0 Å². The highest BCUT2D eigenvalue weighted by molar-refractivity contribution is 6.50. The zero-order chi connectivity index (χ0) is 11.4. The third kappa shape index (κ3) is 43.5. The molecule has 0 aromatic carbocycles. The SMILES string of the molecule is C1=C[NH2+]C=N1.CCCO.F[B-](F)(F)F. The molecule has 0 radical (unpaired) electrons. The van der Waals surface area contributed by atoms with Gasteiger partial charge in [-0.3, -0.25) is 5.32 Å². The van der Waals surface area contributed by atoms with Crippen molar-refractivity contribution in [3.63, 3.8) is 0 Å². The van der Waals surface area contributed by atoms with Gasteiger partial charge in [-0.05, 0) is 6.42 Å². The molecule has 1 heterocycles. The minimum atomic E-state index is -6.00. The highest BCUT2D eigenvalue weighted by atomic mass is 19.5. The van der Waals surface area contributed by atoms with Gasteiger partial charge in [0.1, 0.15) is 6.20 Å². The molecule has 0 aromatic heterocycles. The zero-order valence-electron chi connectivity index (χ0n) is 7.71. The number of nitrogens with two attached hydrogens (primary N) is 1. The van der Waals surface area contributed by atoms with Crippen LogP contribution in [0.1, 0.15) is 13.3 Å². The first-order valence-corrected chi connectivity index (χ1v) is 3.91. The van der Waals surface area contributed by atoms with Gasteiger partial charge in [0.15, 0.2) is 6.34 Å². The summed E-state index contributed by atoms with van der Waals surface area (Å²) in [6.45, 7) is 2.25. The Kier molecular flexibility index (Phi) is 11.3. The lowest BCUT2D eigenvalue weighted by molar-refractivity contribution is -0.447. The molecule has 1 aliphatic rings. The van der Waals surface area contributed by atoms with Gasteiger partial charge in [-0.2, -0.15) is 0 Å². The lowest BCUT2D eigenvalue weighted by Crippen LogP contribution is -2.74. The molecular formula is C6H13BF4N2O. The average molecular weight is 216 g/mol. The van der Waals surface area contributed by atoms with E-state index in [0.29, 0.717) is 6.61 Å². The minimum Gasteiger partial charge on any atom is -0.418 e. The molecule has 0 unspecified atom stereocenters. The maximum Gasteiger partial charge on any atom is 0.673 e. The first kappa shape index (κ1) is 15.6. The standard InChI is InChI=1S/C3H4N2.C3H8O.BF4/c1-2-5-3-4-1;1-2-3-4;2-1(3,4)5/h1-3H,(H,4,5);4H,2-3H2,1H3;/q;;-1/p+1. The predicted octanol–water partition coefficient (Wildman–Crippen LogP) is 0.752. The van der Waals surface area contributed by atoms with Crippen molar-refractivity contribution in [3.8, 4) is 0 Å². The topological polar surface area (TPSA) is 49.2 Å². The summed E-state index contributed by atoms with van der Waals surface area (Å²) in [7, 11) is -6.00. The normalized spacial score (nSPS) is 12.7. The van der Waals surface area contributed by atoms with Crippen LogP contribution in [0, 0.1) is 0 Å².